The number of hydrogen-bond donors (Lipinski definition) is 1. The van der Waals surface area contributed by atoms with Crippen LogP contribution in [-0.2, 0) is 19.8 Å². The molecular weight excluding hydrogens is 185 g/mol. The third-order valence-electron chi connectivity index (χ3n) is 1.44. The van der Waals surface area contributed by atoms with Gasteiger partial charge in [-0.15, -0.1) is 5.10 Å². The van der Waals surface area contributed by atoms with E-state index in [4.69, 9.17) is 0 Å². The molecule has 0 aliphatic rings. The van der Waals surface area contributed by atoms with Crippen LogP contribution in [0.15, 0.2) is 0 Å². The van der Waals surface area contributed by atoms with Crippen LogP contribution in [-0.4, -0.2) is 21.8 Å². The first-order valence-electron chi connectivity index (χ1n) is 3.57. The molecule has 0 aliphatic carbocycles. The second kappa shape index (κ2) is 3.33. The number of nitrogens with one attached hydrogen (secondary N) is 1. The first-order chi connectivity index (χ1) is 5.95. The minimum absolute atomic E-state index is 0.259. The van der Waals surface area contributed by atoms with Gasteiger partial charge in [0.25, 0.3) is 5.82 Å². The van der Waals surface area contributed by atoms with Crippen molar-refractivity contribution < 1.29 is 13.2 Å². The van der Waals surface area contributed by atoms with Gasteiger partial charge in [0.2, 0.25) is 0 Å². The van der Waals surface area contributed by atoms with Crippen molar-refractivity contribution in [2.45, 2.75) is 12.7 Å². The van der Waals surface area contributed by atoms with Crippen molar-refractivity contribution in [3.8, 4) is 0 Å². The highest BCUT2D eigenvalue weighted by molar-refractivity contribution is 4.95. The number of rotatable bonds is 2. The maximum atomic E-state index is 12.1. The molecule has 0 fully saturated rings. The molecule has 7 heteroatoms. The number of hydrogen-bond acceptors (Lipinski definition) is 3. The minimum Gasteiger partial charge on any atom is -0.313 e. The summed E-state index contributed by atoms with van der Waals surface area (Å²) >= 11 is 0. The summed E-state index contributed by atoms with van der Waals surface area (Å²) in [7, 11) is 3.05. The van der Waals surface area contributed by atoms with Crippen LogP contribution in [0.2, 0.25) is 0 Å². The fraction of sp³-hybridized carbons (Fsp3) is 0.667. The van der Waals surface area contributed by atoms with E-state index in [1.165, 1.54) is 7.05 Å². The van der Waals surface area contributed by atoms with E-state index in [1.54, 1.807) is 7.05 Å². The molecule has 0 aromatic carbocycles. The van der Waals surface area contributed by atoms with E-state index in [-0.39, 0.29) is 12.4 Å². The lowest BCUT2D eigenvalue weighted by Crippen LogP contribution is -2.10. The van der Waals surface area contributed by atoms with Gasteiger partial charge in [0.1, 0.15) is 5.82 Å². The summed E-state index contributed by atoms with van der Waals surface area (Å²) in [4.78, 5) is 3.34. The molecule has 0 saturated heterocycles. The molecule has 13 heavy (non-hydrogen) atoms. The monoisotopic (exact) mass is 194 g/mol. The van der Waals surface area contributed by atoms with Crippen LogP contribution in [0.4, 0.5) is 13.2 Å². The smallest absolute Gasteiger partial charge is 0.313 e. The Morgan fingerprint density at radius 3 is 2.46 bits per heavy atom. The highest BCUT2D eigenvalue weighted by atomic mass is 19.4. The van der Waals surface area contributed by atoms with Gasteiger partial charge in [-0.2, -0.15) is 13.2 Å². The number of aromatic nitrogens is 3. The quantitative estimate of drug-likeness (QED) is 0.747. The van der Waals surface area contributed by atoms with Crippen molar-refractivity contribution in [2.75, 3.05) is 7.05 Å². The summed E-state index contributed by atoms with van der Waals surface area (Å²) in [5, 5.41) is 5.94. The molecule has 1 rings (SSSR count). The van der Waals surface area contributed by atoms with Crippen LogP contribution in [0.5, 0.6) is 0 Å². The lowest BCUT2D eigenvalue weighted by atomic mass is 10.5. The lowest BCUT2D eigenvalue weighted by molar-refractivity contribution is -0.145. The van der Waals surface area contributed by atoms with Gasteiger partial charge < -0.3 is 5.32 Å². The third-order valence-corrected chi connectivity index (χ3v) is 1.44. The Morgan fingerprint density at radius 2 is 2.08 bits per heavy atom. The van der Waals surface area contributed by atoms with Crippen molar-refractivity contribution in [3.05, 3.63) is 11.6 Å². The van der Waals surface area contributed by atoms with Crippen molar-refractivity contribution in [3.63, 3.8) is 0 Å². The van der Waals surface area contributed by atoms with E-state index in [0.717, 1.165) is 4.68 Å². The summed E-state index contributed by atoms with van der Waals surface area (Å²) in [5.74, 6) is -0.838. The average molecular weight is 194 g/mol. The topological polar surface area (TPSA) is 42.7 Å². The SMILES string of the molecule is CNCc1nc(C(F)(F)F)nn1C. The highest BCUT2D eigenvalue weighted by Crippen LogP contribution is 2.25. The van der Waals surface area contributed by atoms with Crippen LogP contribution in [0.3, 0.4) is 0 Å². The maximum absolute atomic E-state index is 12.1. The second-order valence-corrected chi connectivity index (χ2v) is 2.50. The predicted octanol–water partition coefficient (Wildman–Crippen LogP) is 0.553. The standard InChI is InChI=1S/C6H9F3N4/c1-10-3-4-11-5(6(7,8)9)12-13(4)2/h10H,3H2,1-2H3. The molecule has 0 atom stereocenters. The van der Waals surface area contributed by atoms with Gasteiger partial charge in [0, 0.05) is 7.05 Å². The molecule has 1 aromatic rings. The fourth-order valence-electron chi connectivity index (χ4n) is 0.849. The number of alkyl halides is 3. The molecule has 0 saturated carbocycles. The first-order valence-corrected chi connectivity index (χ1v) is 3.57. The fourth-order valence-corrected chi connectivity index (χ4v) is 0.849. The van der Waals surface area contributed by atoms with Crippen LogP contribution < -0.4 is 5.32 Å². The third kappa shape index (κ3) is 2.18. The minimum atomic E-state index is -4.47. The Balaban J connectivity index is 2.95. The van der Waals surface area contributed by atoms with Gasteiger partial charge in [-0.3, -0.25) is 4.68 Å². The van der Waals surface area contributed by atoms with Gasteiger partial charge in [-0.25, -0.2) is 4.98 Å². The zero-order valence-corrected chi connectivity index (χ0v) is 7.18. The summed E-state index contributed by atoms with van der Waals surface area (Å²) < 4.78 is 37.3. The lowest BCUT2D eigenvalue weighted by Gasteiger charge is -1.97. The molecule has 0 aliphatic heterocycles. The first kappa shape index (κ1) is 9.97. The number of nitrogens with zero attached hydrogens (tertiary/aromatic N) is 3. The molecule has 0 radical (unpaired) electrons. The molecule has 0 spiro atoms. The molecule has 0 amide bonds. The largest absolute Gasteiger partial charge is 0.453 e. The number of halogens is 3. The van der Waals surface area contributed by atoms with E-state index >= 15 is 0 Å². The Bertz CT molecular complexity index is 291. The Morgan fingerprint density at radius 1 is 1.46 bits per heavy atom. The molecule has 1 N–H and O–H groups in total. The molecular formula is C6H9F3N4. The second-order valence-electron chi connectivity index (χ2n) is 2.50. The predicted molar refractivity (Wildman–Crippen MR) is 38.8 cm³/mol. The van der Waals surface area contributed by atoms with E-state index in [2.05, 4.69) is 15.4 Å². The van der Waals surface area contributed by atoms with Gasteiger partial charge in [-0.05, 0) is 7.05 Å². The molecule has 4 nitrogen and oxygen atoms in total. The van der Waals surface area contributed by atoms with E-state index in [0.29, 0.717) is 0 Å². The van der Waals surface area contributed by atoms with Crippen molar-refractivity contribution in [2.24, 2.45) is 7.05 Å². The number of aryl methyl sites for hydroxylation is 1. The van der Waals surface area contributed by atoms with Gasteiger partial charge in [0.05, 0.1) is 6.54 Å². The molecule has 0 unspecified atom stereocenters. The van der Waals surface area contributed by atoms with E-state index in [1.807, 2.05) is 0 Å². The van der Waals surface area contributed by atoms with Crippen LogP contribution in [0.25, 0.3) is 0 Å². The van der Waals surface area contributed by atoms with Crippen LogP contribution >= 0.6 is 0 Å². The normalized spacial score (nSPS) is 12.1. The Kier molecular flexibility index (Phi) is 2.55. The van der Waals surface area contributed by atoms with Crippen LogP contribution in [0.1, 0.15) is 11.6 Å². The molecule has 1 heterocycles. The summed E-state index contributed by atoms with van der Waals surface area (Å²) in [6.45, 7) is 0.263. The molecule has 0 bridgehead atoms. The van der Waals surface area contributed by atoms with Gasteiger partial charge >= 0.3 is 6.18 Å². The molecule has 1 aromatic heterocycles. The van der Waals surface area contributed by atoms with Crippen LogP contribution in [0, 0.1) is 0 Å². The summed E-state index contributed by atoms with van der Waals surface area (Å²) in [5.41, 5.74) is 0. The van der Waals surface area contributed by atoms with E-state index in [9.17, 15) is 13.2 Å². The average Bonchev–Trinajstić information content (AvgIpc) is 2.32. The summed E-state index contributed by atoms with van der Waals surface area (Å²) in [6.07, 6.45) is -4.47. The van der Waals surface area contributed by atoms with Crippen molar-refractivity contribution in [1.82, 2.24) is 20.1 Å². The molecule has 74 valence electrons. The van der Waals surface area contributed by atoms with E-state index < -0.39 is 12.0 Å². The summed E-state index contributed by atoms with van der Waals surface area (Å²) in [6, 6.07) is 0. The maximum Gasteiger partial charge on any atom is 0.453 e. The van der Waals surface area contributed by atoms with Crippen molar-refractivity contribution in [1.29, 1.82) is 0 Å². The Labute approximate surface area is 72.8 Å². The Hall–Kier alpha value is -1.11. The highest BCUT2D eigenvalue weighted by Gasteiger charge is 2.36. The van der Waals surface area contributed by atoms with Gasteiger partial charge in [0.15, 0.2) is 0 Å². The van der Waals surface area contributed by atoms with Crippen molar-refractivity contribution >= 4 is 0 Å². The zero-order valence-electron chi connectivity index (χ0n) is 7.18. The zero-order chi connectivity index (χ0) is 10.1. The van der Waals surface area contributed by atoms with Gasteiger partial charge in [-0.1, -0.05) is 0 Å².